The quantitative estimate of drug-likeness (QED) is 0.205. The number of rotatable bonds is 14. The first-order valence-electron chi connectivity index (χ1n) is 13.1. The Hall–Kier alpha value is -2.68. The van der Waals surface area contributed by atoms with Crippen LogP contribution in [-0.2, 0) is 9.53 Å². The zero-order chi connectivity index (χ0) is 25.4. The van der Waals surface area contributed by atoms with Crippen LogP contribution < -0.4 is 11.3 Å². The van der Waals surface area contributed by atoms with Gasteiger partial charge in [-0.15, -0.1) is 0 Å². The molecule has 0 aromatic carbocycles. The van der Waals surface area contributed by atoms with Crippen molar-refractivity contribution in [3.05, 3.63) is 28.8 Å². The first-order valence-corrected chi connectivity index (χ1v) is 13.1. The molecule has 9 heteroatoms. The number of aromatic nitrogens is 4. The number of ether oxygens (including phenoxy) is 1. The maximum absolute atomic E-state index is 12.7. The van der Waals surface area contributed by atoms with E-state index >= 15 is 0 Å². The molecule has 0 spiro atoms. The lowest BCUT2D eigenvalue weighted by molar-refractivity contribution is -0.148. The van der Waals surface area contributed by atoms with Crippen molar-refractivity contribution in [3.8, 4) is 0 Å². The van der Waals surface area contributed by atoms with Crippen molar-refractivity contribution in [1.82, 2.24) is 19.5 Å². The number of esters is 1. The van der Waals surface area contributed by atoms with E-state index in [1.54, 1.807) is 4.57 Å². The molecule has 3 rings (SSSR count). The van der Waals surface area contributed by atoms with Gasteiger partial charge in [-0.2, -0.15) is 4.98 Å². The molecule has 0 amide bonds. The lowest BCUT2D eigenvalue weighted by Crippen LogP contribution is -2.31. The monoisotopic (exact) mass is 487 g/mol. The van der Waals surface area contributed by atoms with Crippen LogP contribution in [0.15, 0.2) is 23.3 Å². The number of anilines is 1. The molecule has 0 radical (unpaired) electrons. The summed E-state index contributed by atoms with van der Waals surface area (Å²) in [5, 5.41) is 11.0. The Morgan fingerprint density at radius 2 is 1.86 bits per heavy atom. The summed E-state index contributed by atoms with van der Waals surface area (Å²) in [5.74, 6) is -1.21. The van der Waals surface area contributed by atoms with Gasteiger partial charge in [0.2, 0.25) is 5.95 Å². The van der Waals surface area contributed by atoms with Crippen LogP contribution in [0.3, 0.4) is 0 Å². The van der Waals surface area contributed by atoms with Gasteiger partial charge in [0.15, 0.2) is 11.2 Å². The van der Waals surface area contributed by atoms with Crippen molar-refractivity contribution in [2.75, 3.05) is 12.8 Å². The molecule has 0 aliphatic heterocycles. The number of aromatic amines is 1. The van der Waals surface area contributed by atoms with Gasteiger partial charge in [-0.3, -0.25) is 14.6 Å². The highest BCUT2D eigenvalue weighted by molar-refractivity contribution is 5.74. The number of carbonyl (C=O) groups excluding carboxylic acids is 1. The van der Waals surface area contributed by atoms with Crippen molar-refractivity contribution in [2.45, 2.75) is 96.1 Å². The number of methoxy groups -OCH3 is 1. The minimum absolute atomic E-state index is 0.00152. The Balaban J connectivity index is 1.60. The number of nitrogens with zero attached hydrogens (tertiary/aromatic N) is 3. The number of carbonyl (C=O) groups is 1. The van der Waals surface area contributed by atoms with E-state index in [-0.39, 0.29) is 23.5 Å². The molecule has 194 valence electrons. The lowest BCUT2D eigenvalue weighted by Gasteiger charge is -2.25. The van der Waals surface area contributed by atoms with Gasteiger partial charge < -0.3 is 20.1 Å². The summed E-state index contributed by atoms with van der Waals surface area (Å²) in [6.45, 7) is 6.48. The fourth-order valence-corrected chi connectivity index (χ4v) is 5.43. The zero-order valence-electron chi connectivity index (χ0n) is 21.2. The van der Waals surface area contributed by atoms with E-state index in [0.29, 0.717) is 18.5 Å². The second-order valence-electron chi connectivity index (χ2n) is 9.80. The molecule has 35 heavy (non-hydrogen) atoms. The van der Waals surface area contributed by atoms with E-state index in [2.05, 4.69) is 28.5 Å². The summed E-state index contributed by atoms with van der Waals surface area (Å²) < 4.78 is 6.83. The first kappa shape index (κ1) is 26.9. The molecular weight excluding hydrogens is 446 g/mol. The van der Waals surface area contributed by atoms with E-state index in [4.69, 9.17) is 10.5 Å². The number of hydrogen-bond donors (Lipinski definition) is 3. The van der Waals surface area contributed by atoms with Crippen molar-refractivity contribution >= 4 is 23.1 Å². The molecule has 2 aromatic rings. The Morgan fingerprint density at radius 1 is 1.23 bits per heavy atom. The van der Waals surface area contributed by atoms with E-state index in [9.17, 15) is 14.7 Å². The molecule has 2 heterocycles. The predicted molar refractivity (Wildman–Crippen MR) is 137 cm³/mol. The van der Waals surface area contributed by atoms with Gasteiger partial charge >= 0.3 is 5.97 Å². The van der Waals surface area contributed by atoms with Crippen LogP contribution in [0.2, 0.25) is 0 Å². The Kier molecular flexibility index (Phi) is 9.89. The second kappa shape index (κ2) is 12.9. The van der Waals surface area contributed by atoms with Crippen molar-refractivity contribution in [1.29, 1.82) is 0 Å². The summed E-state index contributed by atoms with van der Waals surface area (Å²) in [6.07, 6.45) is 13.9. The van der Waals surface area contributed by atoms with E-state index in [0.717, 1.165) is 24.8 Å². The molecule has 1 unspecified atom stereocenters. The van der Waals surface area contributed by atoms with E-state index < -0.39 is 23.5 Å². The number of aliphatic hydroxyl groups excluding tert-OH is 1. The van der Waals surface area contributed by atoms with Gasteiger partial charge in [0.05, 0.1) is 31.5 Å². The Bertz CT molecular complexity index is 1050. The van der Waals surface area contributed by atoms with Crippen LogP contribution in [0, 0.1) is 11.8 Å². The molecule has 4 N–H and O–H groups in total. The Labute approximate surface area is 207 Å². The molecule has 1 fully saturated rings. The maximum Gasteiger partial charge on any atom is 0.309 e. The van der Waals surface area contributed by atoms with Gasteiger partial charge in [0.25, 0.3) is 5.56 Å². The minimum Gasteiger partial charge on any atom is -0.469 e. The topological polar surface area (TPSA) is 136 Å². The number of nitrogens with one attached hydrogen (secondary N) is 1. The summed E-state index contributed by atoms with van der Waals surface area (Å²) in [6, 6.07) is -0.339. The molecule has 1 aliphatic carbocycles. The molecule has 2 aromatic heterocycles. The zero-order valence-corrected chi connectivity index (χ0v) is 21.2. The fraction of sp³-hybridized carbons (Fsp3) is 0.692. The lowest BCUT2D eigenvalue weighted by atomic mass is 9.82. The molecular formula is C26H41N5O4. The number of hydrogen-bond acceptors (Lipinski definition) is 7. The number of nitrogen functional groups attached to an aromatic ring is 1. The minimum atomic E-state index is -0.753. The highest BCUT2D eigenvalue weighted by atomic mass is 16.5. The third kappa shape index (κ3) is 6.51. The van der Waals surface area contributed by atoms with Crippen LogP contribution in [0.1, 0.15) is 90.0 Å². The highest BCUT2D eigenvalue weighted by Gasteiger charge is 2.45. The molecule has 4 atom stereocenters. The van der Waals surface area contributed by atoms with Gasteiger partial charge in [-0.25, -0.2) is 4.98 Å². The molecule has 0 bridgehead atoms. The van der Waals surface area contributed by atoms with Crippen LogP contribution >= 0.6 is 0 Å². The second-order valence-corrected chi connectivity index (χ2v) is 9.80. The first-order chi connectivity index (χ1) is 16.9. The summed E-state index contributed by atoms with van der Waals surface area (Å²) in [4.78, 5) is 35.7. The van der Waals surface area contributed by atoms with Crippen molar-refractivity contribution in [2.24, 2.45) is 11.8 Å². The number of imidazole rings is 1. The normalized spacial score (nSPS) is 21.0. The summed E-state index contributed by atoms with van der Waals surface area (Å²) >= 11 is 0. The van der Waals surface area contributed by atoms with E-state index in [1.165, 1.54) is 58.4 Å². The Morgan fingerprint density at radius 3 is 2.49 bits per heavy atom. The smallest absolute Gasteiger partial charge is 0.309 e. The number of H-pyrrole nitrogens is 1. The van der Waals surface area contributed by atoms with Crippen LogP contribution in [0.5, 0.6) is 0 Å². The largest absolute Gasteiger partial charge is 0.469 e. The average molecular weight is 488 g/mol. The fourth-order valence-electron chi connectivity index (χ4n) is 5.43. The standard InChI is InChI=1S/C26H41N5O4/c1-4-5-6-7-8-9-10-11-12-13-14-18(25(34)35-3)21-17(2)19(15-20(21)32)31-16-28-22-23(31)29-26(27)30-24(22)33/h16,18-21,32H,2,4-15H2,1,3H3,(H3,27,29,30,33)/t18?,19-,20-,21-/m0/s1. The molecule has 1 saturated carbocycles. The summed E-state index contributed by atoms with van der Waals surface area (Å²) in [5.41, 5.74) is 6.56. The van der Waals surface area contributed by atoms with Gasteiger partial charge in [0, 0.05) is 5.92 Å². The van der Waals surface area contributed by atoms with Crippen LogP contribution in [-0.4, -0.2) is 43.8 Å². The number of aliphatic hydroxyl groups is 1. The number of nitrogens with two attached hydrogens (primary N) is 1. The van der Waals surface area contributed by atoms with Crippen molar-refractivity contribution in [3.63, 3.8) is 0 Å². The maximum atomic E-state index is 12.7. The third-order valence-electron chi connectivity index (χ3n) is 7.33. The number of unbranched alkanes of at least 4 members (excludes halogenated alkanes) is 9. The average Bonchev–Trinajstić information content (AvgIpc) is 3.37. The van der Waals surface area contributed by atoms with Gasteiger partial charge in [-0.1, -0.05) is 77.7 Å². The van der Waals surface area contributed by atoms with Crippen LogP contribution in [0.4, 0.5) is 5.95 Å². The molecule has 0 saturated heterocycles. The third-order valence-corrected chi connectivity index (χ3v) is 7.33. The highest BCUT2D eigenvalue weighted by Crippen LogP contribution is 2.45. The van der Waals surface area contributed by atoms with Gasteiger partial charge in [-0.05, 0) is 18.4 Å². The van der Waals surface area contributed by atoms with Crippen LogP contribution in [0.25, 0.3) is 11.2 Å². The predicted octanol–water partition coefficient (Wildman–Crippen LogP) is 4.28. The molecule has 9 nitrogen and oxygen atoms in total. The van der Waals surface area contributed by atoms with Gasteiger partial charge in [0.1, 0.15) is 0 Å². The summed E-state index contributed by atoms with van der Waals surface area (Å²) in [7, 11) is 1.39. The number of fused-ring (bicyclic) bond motifs is 1. The SMILES string of the molecule is C=C1[C@@H](C(CCCCCCCCCCCC)C(=O)OC)[C@@H](O)C[C@@H]1n1cnc2c(=O)[nH]c(N)nc21. The van der Waals surface area contributed by atoms with Crippen molar-refractivity contribution < 1.29 is 14.6 Å². The molecule has 1 aliphatic rings. The van der Waals surface area contributed by atoms with E-state index in [1.807, 2.05) is 0 Å².